The minimum atomic E-state index is -0.742. The molecule has 0 fully saturated rings. The third-order valence-electron chi connectivity index (χ3n) is 0.971. The Morgan fingerprint density at radius 1 is 1.25 bits per heavy atom. The summed E-state index contributed by atoms with van der Waals surface area (Å²) in [6.07, 6.45) is 0. The maximum atomic E-state index is 8.95. The van der Waals surface area contributed by atoms with E-state index in [1.807, 2.05) is 27.4 Å². The number of hydrogen-bond donors (Lipinski definition) is 1. The van der Waals surface area contributed by atoms with Gasteiger partial charge in [0.1, 0.15) is 0 Å². The SMILES string of the molecule is C[P@](O)C(C)(C)C.[B]. The Kier molecular flexibility index (Phi) is 4.90. The zero-order valence-corrected chi connectivity index (χ0v) is 6.87. The molecule has 1 N–H and O–H groups in total. The van der Waals surface area contributed by atoms with Gasteiger partial charge in [0.2, 0.25) is 0 Å². The molecule has 0 aliphatic rings. The molecule has 3 heteroatoms. The first-order valence-corrected chi connectivity index (χ1v) is 4.11. The summed E-state index contributed by atoms with van der Waals surface area (Å²) >= 11 is 0. The average Bonchev–Trinajstić information content (AvgIpc) is 1.31. The van der Waals surface area contributed by atoms with E-state index in [4.69, 9.17) is 4.89 Å². The first kappa shape index (κ1) is 11.3. The molecule has 0 saturated heterocycles. The van der Waals surface area contributed by atoms with E-state index < -0.39 is 8.15 Å². The molecule has 0 amide bonds. The fraction of sp³-hybridized carbons (Fsp3) is 1.00. The summed E-state index contributed by atoms with van der Waals surface area (Å²) < 4.78 is 0. The van der Waals surface area contributed by atoms with Crippen LogP contribution in [0.4, 0.5) is 0 Å². The van der Waals surface area contributed by atoms with Crippen molar-refractivity contribution in [2.24, 2.45) is 0 Å². The predicted molar refractivity (Wildman–Crippen MR) is 40.6 cm³/mol. The molecule has 1 nitrogen and oxygen atoms in total. The smallest absolute Gasteiger partial charge is 0.0274 e. The predicted octanol–water partition coefficient (Wildman–Crippen LogP) is 1.42. The van der Waals surface area contributed by atoms with Gasteiger partial charge in [-0.05, 0) is 6.66 Å². The van der Waals surface area contributed by atoms with Gasteiger partial charge in [-0.3, -0.25) is 0 Å². The minimum absolute atomic E-state index is 0. The van der Waals surface area contributed by atoms with E-state index in [0.717, 1.165) is 0 Å². The first-order valence-electron chi connectivity index (χ1n) is 2.37. The van der Waals surface area contributed by atoms with E-state index >= 15 is 0 Å². The lowest BCUT2D eigenvalue weighted by atomic mass is 10.3. The topological polar surface area (TPSA) is 20.2 Å². The highest BCUT2D eigenvalue weighted by Crippen LogP contribution is 2.40. The van der Waals surface area contributed by atoms with E-state index in [0.29, 0.717) is 0 Å². The molecule has 0 aromatic rings. The van der Waals surface area contributed by atoms with Crippen LogP contribution in [0, 0.1) is 0 Å². The van der Waals surface area contributed by atoms with Crippen LogP contribution in [0.2, 0.25) is 0 Å². The lowest BCUT2D eigenvalue weighted by Gasteiger charge is -2.20. The normalized spacial score (nSPS) is 14.6. The monoisotopic (exact) mass is 131 g/mol. The zero-order valence-electron chi connectivity index (χ0n) is 5.97. The molecule has 0 aromatic heterocycles. The molecule has 1 atom stereocenters. The van der Waals surface area contributed by atoms with Gasteiger partial charge in [0.05, 0.1) is 0 Å². The van der Waals surface area contributed by atoms with Gasteiger partial charge in [0, 0.05) is 21.7 Å². The van der Waals surface area contributed by atoms with Gasteiger partial charge in [0.25, 0.3) is 0 Å². The third-order valence-corrected chi connectivity index (χ3v) is 2.91. The fourth-order valence-electron chi connectivity index (χ4n) is 0. The van der Waals surface area contributed by atoms with Gasteiger partial charge in [-0.2, -0.15) is 0 Å². The van der Waals surface area contributed by atoms with Crippen LogP contribution in [0.25, 0.3) is 0 Å². The van der Waals surface area contributed by atoms with Crippen LogP contribution in [-0.2, 0) is 0 Å². The Morgan fingerprint density at radius 3 is 1.38 bits per heavy atom. The molecule has 0 unspecified atom stereocenters. The molecule has 0 aliphatic heterocycles. The van der Waals surface area contributed by atoms with Gasteiger partial charge in [-0.1, -0.05) is 20.8 Å². The van der Waals surface area contributed by atoms with Gasteiger partial charge < -0.3 is 4.89 Å². The second-order valence-electron chi connectivity index (χ2n) is 2.69. The van der Waals surface area contributed by atoms with Crippen molar-refractivity contribution in [3.05, 3.63) is 0 Å². The van der Waals surface area contributed by atoms with E-state index in [1.165, 1.54) is 0 Å². The highest BCUT2D eigenvalue weighted by atomic mass is 31.1. The standard InChI is InChI=1S/C5H13OP.B/c1-5(2,3)7(4)6;/h6H,1-4H3;/t7-;/m0./s1. The maximum absolute atomic E-state index is 8.95. The average molecular weight is 131 g/mol. The summed E-state index contributed by atoms with van der Waals surface area (Å²) in [5.74, 6) is 0. The Labute approximate surface area is 54.9 Å². The summed E-state index contributed by atoms with van der Waals surface area (Å²) in [5, 5.41) is 0.120. The molecule has 0 saturated carbocycles. The summed E-state index contributed by atoms with van der Waals surface area (Å²) in [4.78, 5) is 8.95. The third kappa shape index (κ3) is 4.61. The lowest BCUT2D eigenvalue weighted by Crippen LogP contribution is -2.09. The molecule has 0 rings (SSSR count). The molecule has 8 heavy (non-hydrogen) atoms. The molecule has 3 radical (unpaired) electrons. The van der Waals surface area contributed by atoms with Crippen molar-refractivity contribution in [1.82, 2.24) is 0 Å². The van der Waals surface area contributed by atoms with Crippen molar-refractivity contribution >= 4 is 16.6 Å². The van der Waals surface area contributed by atoms with Crippen LogP contribution >= 0.6 is 8.15 Å². The van der Waals surface area contributed by atoms with Crippen LogP contribution in [-0.4, -0.2) is 25.1 Å². The van der Waals surface area contributed by atoms with Gasteiger partial charge in [-0.15, -0.1) is 0 Å². The summed E-state index contributed by atoms with van der Waals surface area (Å²) in [7, 11) is -0.742. The number of hydrogen-bond acceptors (Lipinski definition) is 1. The van der Waals surface area contributed by atoms with E-state index in [-0.39, 0.29) is 13.6 Å². The molecular weight excluding hydrogens is 118 g/mol. The molecule has 0 aliphatic carbocycles. The van der Waals surface area contributed by atoms with Crippen LogP contribution in [0.15, 0.2) is 0 Å². The lowest BCUT2D eigenvalue weighted by molar-refractivity contribution is 0.584. The van der Waals surface area contributed by atoms with Crippen LogP contribution in [0.3, 0.4) is 0 Å². The summed E-state index contributed by atoms with van der Waals surface area (Å²) in [6.45, 7) is 7.99. The molecule has 0 heterocycles. The summed E-state index contributed by atoms with van der Waals surface area (Å²) in [5.41, 5.74) is 0. The minimum Gasteiger partial charge on any atom is -0.374 e. The van der Waals surface area contributed by atoms with Gasteiger partial charge in [-0.25, -0.2) is 0 Å². The van der Waals surface area contributed by atoms with Crippen LogP contribution < -0.4 is 0 Å². The maximum Gasteiger partial charge on any atom is 0.0274 e. The van der Waals surface area contributed by atoms with Gasteiger partial charge >= 0.3 is 0 Å². The first-order chi connectivity index (χ1) is 2.94. The molecule has 47 valence electrons. The molecule has 0 bridgehead atoms. The Bertz CT molecular complexity index is 57.9. The number of rotatable bonds is 0. The Balaban J connectivity index is 0. The second kappa shape index (κ2) is 3.47. The zero-order chi connectivity index (χ0) is 6.08. The Hall–Kier alpha value is 0.455. The molecule has 0 spiro atoms. The van der Waals surface area contributed by atoms with Crippen molar-refractivity contribution in [3.63, 3.8) is 0 Å². The molecular formula is C5H13BOP. The summed E-state index contributed by atoms with van der Waals surface area (Å²) in [6, 6.07) is 0. The van der Waals surface area contributed by atoms with Crippen LogP contribution in [0.1, 0.15) is 20.8 Å². The largest absolute Gasteiger partial charge is 0.374 e. The quantitative estimate of drug-likeness (QED) is 0.389. The van der Waals surface area contributed by atoms with Crippen molar-refractivity contribution in [3.8, 4) is 0 Å². The van der Waals surface area contributed by atoms with Crippen molar-refractivity contribution in [2.45, 2.75) is 25.9 Å². The van der Waals surface area contributed by atoms with E-state index in [1.54, 1.807) is 0 Å². The van der Waals surface area contributed by atoms with Crippen molar-refractivity contribution < 1.29 is 4.89 Å². The molecule has 0 aromatic carbocycles. The van der Waals surface area contributed by atoms with E-state index in [9.17, 15) is 0 Å². The van der Waals surface area contributed by atoms with Gasteiger partial charge in [0.15, 0.2) is 0 Å². The van der Waals surface area contributed by atoms with Crippen molar-refractivity contribution in [2.75, 3.05) is 6.66 Å². The highest BCUT2D eigenvalue weighted by Gasteiger charge is 2.16. The Morgan fingerprint density at radius 2 is 1.38 bits per heavy atom. The highest BCUT2D eigenvalue weighted by molar-refractivity contribution is 7.52. The van der Waals surface area contributed by atoms with E-state index in [2.05, 4.69) is 0 Å². The van der Waals surface area contributed by atoms with Crippen LogP contribution in [0.5, 0.6) is 0 Å². The fourth-order valence-corrected chi connectivity index (χ4v) is 0. The second-order valence-corrected chi connectivity index (χ2v) is 5.08. The van der Waals surface area contributed by atoms with Crippen molar-refractivity contribution in [1.29, 1.82) is 0 Å².